The van der Waals surface area contributed by atoms with E-state index in [-0.39, 0.29) is 12.0 Å². The zero-order valence-electron chi connectivity index (χ0n) is 8.78. The van der Waals surface area contributed by atoms with Crippen LogP contribution < -0.4 is 0 Å². The molecule has 4 heteroatoms. The van der Waals surface area contributed by atoms with E-state index in [0.29, 0.717) is 5.56 Å². The second-order valence-electron chi connectivity index (χ2n) is 3.77. The fraction of sp³-hybridized carbons (Fsp3) is 0.154. The van der Waals surface area contributed by atoms with Gasteiger partial charge in [0.1, 0.15) is 6.10 Å². The summed E-state index contributed by atoms with van der Waals surface area (Å²) in [5.74, 6) is -0.359. The molecule has 1 aliphatic carbocycles. The minimum atomic E-state index is -4.33. The van der Waals surface area contributed by atoms with Gasteiger partial charge in [0.25, 0.3) is 0 Å². The molecule has 89 valence electrons. The molecule has 1 aromatic carbocycles. The van der Waals surface area contributed by atoms with Crippen molar-refractivity contribution in [1.29, 1.82) is 0 Å². The molecular formula is C13H10F3O. The van der Waals surface area contributed by atoms with E-state index in [1.165, 1.54) is 18.6 Å². The highest BCUT2D eigenvalue weighted by Gasteiger charge is 2.31. The van der Waals surface area contributed by atoms with Crippen molar-refractivity contribution in [2.24, 2.45) is 0 Å². The number of rotatable bonds is 1. The van der Waals surface area contributed by atoms with Crippen LogP contribution in [0.25, 0.3) is 0 Å². The summed E-state index contributed by atoms with van der Waals surface area (Å²) in [5, 5.41) is 9.61. The van der Waals surface area contributed by atoms with Crippen molar-refractivity contribution in [3.63, 3.8) is 0 Å². The molecule has 0 aliphatic heterocycles. The van der Waals surface area contributed by atoms with E-state index in [1.807, 2.05) is 0 Å². The van der Waals surface area contributed by atoms with Gasteiger partial charge in [0.15, 0.2) is 0 Å². The van der Waals surface area contributed by atoms with Gasteiger partial charge in [0, 0.05) is 12.3 Å². The molecule has 1 aromatic rings. The first-order chi connectivity index (χ1) is 7.98. The highest BCUT2D eigenvalue weighted by molar-refractivity contribution is 5.38. The number of benzene rings is 1. The quantitative estimate of drug-likeness (QED) is 0.794. The van der Waals surface area contributed by atoms with Crippen LogP contribution in [-0.4, -0.2) is 5.11 Å². The summed E-state index contributed by atoms with van der Waals surface area (Å²) >= 11 is 0. The van der Waals surface area contributed by atoms with Gasteiger partial charge in [0.2, 0.25) is 0 Å². The number of aliphatic hydroxyl groups is 1. The molecule has 1 fully saturated rings. The monoisotopic (exact) mass is 239 g/mol. The summed E-state index contributed by atoms with van der Waals surface area (Å²) in [6.45, 7) is 0. The van der Waals surface area contributed by atoms with Crippen molar-refractivity contribution in [2.45, 2.75) is 12.1 Å². The minimum Gasteiger partial charge on any atom is -0.386 e. The first-order valence-electron chi connectivity index (χ1n) is 5.06. The second-order valence-corrected chi connectivity index (χ2v) is 3.77. The lowest BCUT2D eigenvalue weighted by Crippen LogP contribution is -2.17. The summed E-state index contributed by atoms with van der Waals surface area (Å²) in [6, 6.07) is 4.81. The van der Waals surface area contributed by atoms with Gasteiger partial charge in [-0.2, -0.15) is 13.2 Å². The molecular weight excluding hydrogens is 229 g/mol. The molecule has 1 atom stereocenters. The number of aliphatic hydroxyl groups excluding tert-OH is 1. The van der Waals surface area contributed by atoms with E-state index >= 15 is 0 Å². The fourth-order valence-electron chi connectivity index (χ4n) is 1.69. The van der Waals surface area contributed by atoms with Gasteiger partial charge in [-0.1, -0.05) is 12.1 Å². The number of hydrogen-bond donors (Lipinski definition) is 1. The number of alkyl halides is 3. The molecule has 1 N–H and O–H groups in total. The van der Waals surface area contributed by atoms with Gasteiger partial charge in [-0.3, -0.25) is 0 Å². The van der Waals surface area contributed by atoms with E-state index in [0.717, 1.165) is 12.1 Å². The van der Waals surface area contributed by atoms with E-state index in [2.05, 4.69) is 0 Å². The molecule has 0 aromatic heterocycles. The average molecular weight is 239 g/mol. The summed E-state index contributed by atoms with van der Waals surface area (Å²) < 4.78 is 37.1. The SMILES string of the molecule is O[C]1[CH][CH][CH][CH]C1c1ccc(C(F)(F)F)cc1. The average Bonchev–Trinajstić information content (AvgIpc) is 2.29. The Labute approximate surface area is 98.3 Å². The highest BCUT2D eigenvalue weighted by atomic mass is 19.4. The van der Waals surface area contributed by atoms with Crippen LogP contribution >= 0.6 is 0 Å². The van der Waals surface area contributed by atoms with Crippen LogP contribution in [0.15, 0.2) is 24.3 Å². The maximum Gasteiger partial charge on any atom is 0.416 e. The van der Waals surface area contributed by atoms with Crippen LogP contribution in [0, 0.1) is 31.8 Å². The van der Waals surface area contributed by atoms with E-state index < -0.39 is 11.7 Å². The summed E-state index contributed by atoms with van der Waals surface area (Å²) in [4.78, 5) is 0. The van der Waals surface area contributed by atoms with Gasteiger partial charge < -0.3 is 5.11 Å². The normalized spacial score (nSPS) is 22.7. The summed E-state index contributed by atoms with van der Waals surface area (Å²) in [6.07, 6.45) is 2.50. The zero-order chi connectivity index (χ0) is 12.5. The van der Waals surface area contributed by atoms with Gasteiger partial charge in [-0.25, -0.2) is 0 Å². The Morgan fingerprint density at radius 3 is 2.18 bits per heavy atom. The Bertz CT molecular complexity index is 369. The van der Waals surface area contributed by atoms with Crippen molar-refractivity contribution in [3.8, 4) is 0 Å². The molecule has 1 unspecified atom stereocenters. The molecule has 0 heterocycles. The van der Waals surface area contributed by atoms with Crippen LogP contribution in [0.2, 0.25) is 0 Å². The van der Waals surface area contributed by atoms with Crippen molar-refractivity contribution in [3.05, 3.63) is 67.2 Å². The number of hydrogen-bond acceptors (Lipinski definition) is 1. The van der Waals surface area contributed by atoms with Crippen LogP contribution in [0.5, 0.6) is 0 Å². The van der Waals surface area contributed by atoms with Crippen molar-refractivity contribution < 1.29 is 18.3 Å². The minimum absolute atomic E-state index is 0.132. The topological polar surface area (TPSA) is 20.2 Å². The van der Waals surface area contributed by atoms with Crippen molar-refractivity contribution >= 4 is 0 Å². The third-order valence-electron chi connectivity index (χ3n) is 2.60. The Kier molecular flexibility index (Phi) is 3.43. The molecule has 0 saturated heterocycles. The maximum atomic E-state index is 12.4. The van der Waals surface area contributed by atoms with Crippen molar-refractivity contribution in [2.75, 3.05) is 0 Å². The second kappa shape index (κ2) is 4.69. The van der Waals surface area contributed by atoms with Crippen LogP contribution in [0.4, 0.5) is 13.2 Å². The smallest absolute Gasteiger partial charge is 0.386 e. The Hall–Kier alpha value is -1.03. The van der Waals surface area contributed by atoms with E-state index in [1.54, 1.807) is 19.3 Å². The standard InChI is InChI=1S/C13H10F3O/c14-13(15,16)10-7-5-9(6-8-10)11-3-1-2-4-12(11)17/h1-8,11,17H. The number of halogens is 3. The van der Waals surface area contributed by atoms with E-state index in [9.17, 15) is 18.3 Å². The molecule has 0 bridgehead atoms. The largest absolute Gasteiger partial charge is 0.416 e. The Balaban J connectivity index is 2.17. The van der Waals surface area contributed by atoms with Crippen molar-refractivity contribution in [1.82, 2.24) is 0 Å². The predicted octanol–water partition coefficient (Wildman–Crippen LogP) is 3.52. The predicted molar refractivity (Wildman–Crippen MR) is 56.6 cm³/mol. The lowest BCUT2D eigenvalue weighted by atomic mass is 9.81. The van der Waals surface area contributed by atoms with Crippen LogP contribution in [0.3, 0.4) is 0 Å². The lowest BCUT2D eigenvalue weighted by Gasteiger charge is -2.26. The van der Waals surface area contributed by atoms with Crippen LogP contribution in [0.1, 0.15) is 17.0 Å². The fourth-order valence-corrected chi connectivity index (χ4v) is 1.69. The molecule has 0 amide bonds. The summed E-state index contributed by atoms with van der Waals surface area (Å²) in [7, 11) is 0. The van der Waals surface area contributed by atoms with E-state index in [4.69, 9.17) is 0 Å². The molecule has 17 heavy (non-hydrogen) atoms. The maximum absolute atomic E-state index is 12.4. The van der Waals surface area contributed by atoms with Gasteiger partial charge in [-0.15, -0.1) is 0 Å². The van der Waals surface area contributed by atoms with Gasteiger partial charge >= 0.3 is 6.18 Å². The third-order valence-corrected chi connectivity index (χ3v) is 2.60. The molecule has 5 radical (unpaired) electrons. The Morgan fingerprint density at radius 2 is 1.65 bits per heavy atom. The summed E-state index contributed by atoms with van der Waals surface area (Å²) in [5.41, 5.74) is -0.0489. The first-order valence-corrected chi connectivity index (χ1v) is 5.06. The highest BCUT2D eigenvalue weighted by Crippen LogP contribution is 2.37. The first kappa shape index (κ1) is 12.4. The van der Waals surface area contributed by atoms with Crippen LogP contribution in [-0.2, 0) is 6.18 Å². The van der Waals surface area contributed by atoms with Gasteiger partial charge in [-0.05, 0) is 37.0 Å². The molecule has 1 saturated carbocycles. The zero-order valence-corrected chi connectivity index (χ0v) is 8.78. The lowest BCUT2D eigenvalue weighted by molar-refractivity contribution is -0.137. The molecule has 0 spiro atoms. The molecule has 1 aliphatic rings. The molecule has 1 nitrogen and oxygen atoms in total. The molecule has 2 rings (SSSR count). The van der Waals surface area contributed by atoms with Gasteiger partial charge in [0.05, 0.1) is 5.56 Å². The Morgan fingerprint density at radius 1 is 1.00 bits per heavy atom. The third kappa shape index (κ3) is 2.80.